The number of aryl methyl sites for hydroxylation is 5. The lowest BCUT2D eigenvalue weighted by atomic mass is 9.85. The van der Waals surface area contributed by atoms with Gasteiger partial charge >= 0.3 is 0 Å². The van der Waals surface area contributed by atoms with Gasteiger partial charge < -0.3 is 9.47 Å². The zero-order valence-corrected chi connectivity index (χ0v) is 55.4. The molecule has 0 unspecified atom stereocenters. The van der Waals surface area contributed by atoms with E-state index in [4.69, 9.17) is 0 Å². The molecule has 3 heterocycles. The third-order valence-electron chi connectivity index (χ3n) is 19.5. The standard InChI is InChI=1S/C89H90N2/c1-10-12-13-16-26-72-58-82-71(25-20-15-19-24-70-56-79(50-52-81(70)68-33-43-75(44-34-68)89(7,8)9)91-86-53-39-69(63-22-17-14-18-23-63)57-84(86)85-60-73(82)40-54-87(85)91)59-83(72)80-51-49-78(55-61(80)3)90(76-45-35-66(36-46-76)64-29-27-62(21-11-2)28-30-64)77-47-37-67(38-48-77)65-31-41-74(42-32-65)88(4,5)6/h14,17-18,22-23,27-60H,10-13,15-16,19-21,24-26H2,1-9H3. The summed E-state index contributed by atoms with van der Waals surface area (Å²) in [5.41, 5.74) is 32.4. The Balaban J connectivity index is 0.921. The van der Waals surface area contributed by atoms with Crippen molar-refractivity contribution in [2.45, 2.75) is 150 Å². The van der Waals surface area contributed by atoms with E-state index in [2.05, 4.69) is 308 Å². The number of hydrogen-bond donors (Lipinski definition) is 0. The molecule has 2 heteroatoms. The van der Waals surface area contributed by atoms with E-state index in [9.17, 15) is 0 Å². The van der Waals surface area contributed by atoms with Crippen molar-refractivity contribution in [2.75, 3.05) is 4.90 Å². The van der Waals surface area contributed by atoms with Gasteiger partial charge in [0, 0.05) is 33.5 Å². The minimum absolute atomic E-state index is 0.0952. The van der Waals surface area contributed by atoms with E-state index in [1.165, 1.54) is 152 Å². The first kappa shape index (κ1) is 60.9. The topological polar surface area (TPSA) is 8.17 Å². The Bertz CT molecular complexity index is 4510. The third kappa shape index (κ3) is 12.9. The highest BCUT2D eigenvalue weighted by atomic mass is 15.1. The maximum Gasteiger partial charge on any atom is 0.0541 e. The van der Waals surface area contributed by atoms with Gasteiger partial charge in [0.2, 0.25) is 0 Å². The molecule has 0 aliphatic carbocycles. The molecule has 91 heavy (non-hydrogen) atoms. The molecule has 0 atom stereocenters. The van der Waals surface area contributed by atoms with Gasteiger partial charge in [0.1, 0.15) is 0 Å². The van der Waals surface area contributed by atoms with Gasteiger partial charge in [-0.05, 0) is 241 Å². The fraction of sp³-hybridized carbons (Fsp3) is 0.258. The largest absolute Gasteiger partial charge is 0.310 e. The maximum absolute atomic E-state index is 2.63. The average molecular weight is 1190 g/mol. The minimum Gasteiger partial charge on any atom is -0.310 e. The van der Waals surface area contributed by atoms with E-state index in [0.717, 1.165) is 74.8 Å². The molecule has 0 fully saturated rings. The van der Waals surface area contributed by atoms with Crippen molar-refractivity contribution in [1.29, 1.82) is 0 Å². The number of fused-ring (bicyclic) bond motifs is 6. The zero-order chi connectivity index (χ0) is 62.8. The average Bonchev–Trinajstić information content (AvgIpc) is 1.63. The van der Waals surface area contributed by atoms with Crippen molar-refractivity contribution < 1.29 is 0 Å². The van der Waals surface area contributed by atoms with Gasteiger partial charge in [-0.25, -0.2) is 0 Å². The van der Waals surface area contributed by atoms with Crippen molar-refractivity contribution in [1.82, 2.24) is 4.57 Å². The number of aromatic nitrogens is 1. The molecule has 2 nitrogen and oxygen atoms in total. The molecule has 0 amide bonds. The lowest BCUT2D eigenvalue weighted by Gasteiger charge is -2.27. The molecule has 6 bridgehead atoms. The van der Waals surface area contributed by atoms with Crippen LogP contribution in [0.3, 0.4) is 0 Å². The van der Waals surface area contributed by atoms with Crippen LogP contribution in [0.1, 0.15) is 146 Å². The predicted molar refractivity (Wildman–Crippen MR) is 393 cm³/mol. The Hall–Kier alpha value is -8.98. The molecule has 0 radical (unpaired) electrons. The summed E-state index contributed by atoms with van der Waals surface area (Å²) >= 11 is 0. The lowest BCUT2D eigenvalue weighted by Crippen LogP contribution is -2.10. The van der Waals surface area contributed by atoms with Crippen LogP contribution in [0.25, 0.3) is 94.3 Å². The summed E-state index contributed by atoms with van der Waals surface area (Å²) in [6.07, 6.45) is 13.6. The summed E-state index contributed by atoms with van der Waals surface area (Å²) in [7, 11) is 0. The number of unbranched alkanes of at least 4 members (excludes halogenated alkanes) is 3. The van der Waals surface area contributed by atoms with Crippen LogP contribution >= 0.6 is 0 Å². The summed E-state index contributed by atoms with van der Waals surface area (Å²) in [6, 6.07) is 91.3. The molecule has 14 rings (SSSR count). The van der Waals surface area contributed by atoms with Crippen LogP contribution < -0.4 is 4.90 Å². The summed E-state index contributed by atoms with van der Waals surface area (Å²) in [5.74, 6) is 0. The van der Waals surface area contributed by atoms with Crippen LogP contribution in [0.4, 0.5) is 17.1 Å². The van der Waals surface area contributed by atoms with Crippen LogP contribution in [0.15, 0.2) is 237 Å². The van der Waals surface area contributed by atoms with Gasteiger partial charge in [0.25, 0.3) is 0 Å². The van der Waals surface area contributed by atoms with E-state index in [-0.39, 0.29) is 10.8 Å². The minimum atomic E-state index is 0.0952. The molecule has 0 saturated carbocycles. The second-order valence-corrected chi connectivity index (χ2v) is 28.1. The third-order valence-corrected chi connectivity index (χ3v) is 19.5. The van der Waals surface area contributed by atoms with E-state index >= 15 is 0 Å². The normalized spacial score (nSPS) is 12.8. The van der Waals surface area contributed by atoms with Gasteiger partial charge in [0.15, 0.2) is 0 Å². The first-order chi connectivity index (χ1) is 44.2. The van der Waals surface area contributed by atoms with Gasteiger partial charge in [0.05, 0.1) is 11.0 Å². The predicted octanol–water partition coefficient (Wildman–Crippen LogP) is 25.5. The highest BCUT2D eigenvalue weighted by molar-refractivity contribution is 6.12. The van der Waals surface area contributed by atoms with E-state index in [1.807, 2.05) is 0 Å². The second kappa shape index (κ2) is 26.1. The number of benzene rings is 11. The van der Waals surface area contributed by atoms with Crippen molar-refractivity contribution in [3.8, 4) is 72.4 Å². The highest BCUT2D eigenvalue weighted by Gasteiger charge is 2.23. The van der Waals surface area contributed by atoms with Crippen molar-refractivity contribution in [2.24, 2.45) is 0 Å². The maximum atomic E-state index is 2.63. The summed E-state index contributed by atoms with van der Waals surface area (Å²) < 4.78 is 2.54. The molecular weight excluding hydrogens is 1100 g/mol. The molecule has 12 aromatic rings. The number of rotatable bonds is 15. The molecule has 1 aromatic heterocycles. The van der Waals surface area contributed by atoms with Gasteiger partial charge in [-0.2, -0.15) is 0 Å². The van der Waals surface area contributed by atoms with Crippen LogP contribution in [0.5, 0.6) is 0 Å². The van der Waals surface area contributed by atoms with Crippen molar-refractivity contribution in [3.63, 3.8) is 0 Å². The molecular formula is C89H90N2. The molecule has 0 spiro atoms. The van der Waals surface area contributed by atoms with Crippen LogP contribution in [0, 0.1) is 6.92 Å². The summed E-state index contributed by atoms with van der Waals surface area (Å²) in [5, 5.41) is 2.57. The highest BCUT2D eigenvalue weighted by Crippen LogP contribution is 2.44. The Kier molecular flexibility index (Phi) is 17.5. The number of nitrogens with zero attached hydrogens (tertiary/aromatic N) is 2. The summed E-state index contributed by atoms with van der Waals surface area (Å²) in [4.78, 5) is 2.45. The van der Waals surface area contributed by atoms with Crippen LogP contribution in [0.2, 0.25) is 0 Å². The molecule has 0 saturated heterocycles. The fourth-order valence-corrected chi connectivity index (χ4v) is 14.3. The Morgan fingerprint density at radius 1 is 0.363 bits per heavy atom. The SMILES string of the molecule is CCCCCCc1cc2c(cc1-c1ccc(N(c3ccc(-c4ccc(CCC)cc4)cc3)c3ccc(-c4ccc(C(C)(C)C)cc4)cc3)cc1C)CCCCCc1cc(ccc1-c1ccc(C(C)(C)C)cc1)-n1c3ccc(-c4ccccc4)cc3c3cc-2ccc31. The fourth-order valence-electron chi connectivity index (χ4n) is 14.3. The Labute approximate surface area is 543 Å². The van der Waals surface area contributed by atoms with Crippen LogP contribution in [-0.4, -0.2) is 4.57 Å². The number of hydrogen-bond acceptors (Lipinski definition) is 1. The second-order valence-electron chi connectivity index (χ2n) is 28.1. The molecule has 11 aromatic carbocycles. The van der Waals surface area contributed by atoms with E-state index in [1.54, 1.807) is 0 Å². The van der Waals surface area contributed by atoms with E-state index in [0.29, 0.717) is 0 Å². The first-order valence-corrected chi connectivity index (χ1v) is 34.0. The van der Waals surface area contributed by atoms with Gasteiger partial charge in [-0.3, -0.25) is 0 Å². The lowest BCUT2D eigenvalue weighted by molar-refractivity contribution is 0.590. The van der Waals surface area contributed by atoms with Crippen molar-refractivity contribution in [3.05, 3.63) is 276 Å². The van der Waals surface area contributed by atoms with Crippen LogP contribution in [-0.2, 0) is 36.5 Å². The Morgan fingerprint density at radius 2 is 0.868 bits per heavy atom. The smallest absolute Gasteiger partial charge is 0.0541 e. The monoisotopic (exact) mass is 1190 g/mol. The van der Waals surface area contributed by atoms with Gasteiger partial charge in [-0.15, -0.1) is 0 Å². The first-order valence-electron chi connectivity index (χ1n) is 34.0. The molecule has 0 N–H and O–H groups in total. The quantitative estimate of drug-likeness (QED) is 0.0929. The Morgan fingerprint density at radius 3 is 1.44 bits per heavy atom. The van der Waals surface area contributed by atoms with E-state index < -0.39 is 0 Å². The molecule has 2 aliphatic heterocycles. The molecule has 2 aliphatic rings. The molecule has 456 valence electrons. The van der Waals surface area contributed by atoms with Crippen molar-refractivity contribution >= 4 is 38.9 Å². The summed E-state index contributed by atoms with van der Waals surface area (Å²) in [6.45, 7) is 20.7. The zero-order valence-electron chi connectivity index (χ0n) is 55.4. The van der Waals surface area contributed by atoms with Gasteiger partial charge in [-0.1, -0.05) is 251 Å². The number of anilines is 3.